The van der Waals surface area contributed by atoms with Crippen molar-refractivity contribution in [2.75, 3.05) is 36.4 Å². The first-order valence-corrected chi connectivity index (χ1v) is 14.0. The van der Waals surface area contributed by atoms with E-state index in [1.807, 2.05) is 41.3 Å². The lowest BCUT2D eigenvalue weighted by Crippen LogP contribution is -2.42. The minimum absolute atomic E-state index is 0.0279. The number of nitrogens with zero attached hydrogens (tertiary/aromatic N) is 3. The molecule has 2 aliphatic heterocycles. The molecule has 3 aliphatic rings. The van der Waals surface area contributed by atoms with Crippen LogP contribution >= 0.6 is 0 Å². The van der Waals surface area contributed by atoms with Crippen LogP contribution in [0, 0.1) is 5.92 Å². The zero-order chi connectivity index (χ0) is 25.6. The summed E-state index contributed by atoms with van der Waals surface area (Å²) in [6.45, 7) is 5.65. The van der Waals surface area contributed by atoms with Gasteiger partial charge in [0.2, 0.25) is 0 Å². The Morgan fingerprint density at radius 1 is 1.08 bits per heavy atom. The Morgan fingerprint density at radius 2 is 1.86 bits per heavy atom. The van der Waals surface area contributed by atoms with Gasteiger partial charge in [-0.3, -0.25) is 19.5 Å². The standard InChI is InChI=1S/C30H39N5O2/c1-22-7-5-6-17-34(22)18-16-32-29(36)25-12-10-23(11-13-25)19-27-30(37)35(21-24-8-3-2-4-9-24)28-20-31-15-14-26(28)33-27/h10-15,19-20,22,24,33H,2-9,16-18,21H2,1H3,(H,32,36). The molecule has 0 bridgehead atoms. The van der Waals surface area contributed by atoms with Crippen molar-refractivity contribution in [1.82, 2.24) is 15.2 Å². The molecule has 2 fully saturated rings. The van der Waals surface area contributed by atoms with Crippen molar-refractivity contribution in [3.8, 4) is 0 Å². The lowest BCUT2D eigenvalue weighted by molar-refractivity contribution is -0.115. The number of amides is 2. The smallest absolute Gasteiger partial charge is 0.274 e. The average Bonchev–Trinajstić information content (AvgIpc) is 2.93. The summed E-state index contributed by atoms with van der Waals surface area (Å²) in [7, 11) is 0. The molecule has 1 atom stereocenters. The van der Waals surface area contributed by atoms with Crippen LogP contribution in [-0.2, 0) is 4.79 Å². The van der Waals surface area contributed by atoms with Gasteiger partial charge in [-0.25, -0.2) is 0 Å². The van der Waals surface area contributed by atoms with E-state index in [0.29, 0.717) is 29.8 Å². The molecule has 1 unspecified atom stereocenters. The number of hydrogen-bond donors (Lipinski definition) is 2. The van der Waals surface area contributed by atoms with Crippen molar-refractivity contribution in [2.24, 2.45) is 5.92 Å². The van der Waals surface area contributed by atoms with Crippen molar-refractivity contribution >= 4 is 29.3 Å². The quantitative estimate of drug-likeness (QED) is 0.518. The summed E-state index contributed by atoms with van der Waals surface area (Å²) in [5.41, 5.74) is 3.80. The highest BCUT2D eigenvalue weighted by Crippen LogP contribution is 2.35. The molecule has 3 heterocycles. The second-order valence-corrected chi connectivity index (χ2v) is 10.8. The molecule has 5 rings (SSSR count). The number of carbonyl (C=O) groups is 2. The summed E-state index contributed by atoms with van der Waals surface area (Å²) in [5.74, 6) is 0.441. The lowest BCUT2D eigenvalue weighted by Gasteiger charge is -2.35. The monoisotopic (exact) mass is 501 g/mol. The number of piperidine rings is 1. The first kappa shape index (κ1) is 25.5. The number of likely N-dealkylation sites (tertiary alicyclic amines) is 1. The fourth-order valence-corrected chi connectivity index (χ4v) is 5.87. The molecule has 7 heteroatoms. The van der Waals surface area contributed by atoms with E-state index in [9.17, 15) is 9.59 Å². The topological polar surface area (TPSA) is 77.6 Å². The molecule has 1 aromatic heterocycles. The Labute approximate surface area is 220 Å². The summed E-state index contributed by atoms with van der Waals surface area (Å²) in [5, 5.41) is 6.36. The summed E-state index contributed by atoms with van der Waals surface area (Å²) < 4.78 is 0. The normalized spacial score (nSPS) is 22.0. The van der Waals surface area contributed by atoms with Crippen LogP contribution < -0.4 is 15.5 Å². The maximum Gasteiger partial charge on any atom is 0.274 e. The predicted octanol–water partition coefficient (Wildman–Crippen LogP) is 5.07. The SMILES string of the molecule is CC1CCCCN1CCNC(=O)c1ccc(C=C2Nc3ccncc3N(CC3CCCCC3)C2=O)cc1. The molecule has 0 spiro atoms. The van der Waals surface area contributed by atoms with Crippen molar-refractivity contribution < 1.29 is 9.59 Å². The molecule has 2 N–H and O–H groups in total. The molecule has 37 heavy (non-hydrogen) atoms. The van der Waals surface area contributed by atoms with Crippen LogP contribution in [0.5, 0.6) is 0 Å². The third kappa shape index (κ3) is 6.21. The molecule has 7 nitrogen and oxygen atoms in total. The van der Waals surface area contributed by atoms with Crippen LogP contribution in [0.1, 0.15) is 74.2 Å². The molecule has 1 aliphatic carbocycles. The first-order chi connectivity index (χ1) is 18.1. The number of fused-ring (bicyclic) bond motifs is 1. The van der Waals surface area contributed by atoms with Gasteiger partial charge in [-0.1, -0.05) is 37.8 Å². The van der Waals surface area contributed by atoms with Gasteiger partial charge < -0.3 is 15.5 Å². The minimum atomic E-state index is -0.0594. The molecule has 2 amide bonds. The summed E-state index contributed by atoms with van der Waals surface area (Å²) in [6, 6.07) is 9.97. The Hall–Kier alpha value is -3.19. The molecule has 1 aromatic carbocycles. The van der Waals surface area contributed by atoms with E-state index in [1.165, 1.54) is 51.4 Å². The van der Waals surface area contributed by atoms with Crippen LogP contribution in [0.25, 0.3) is 6.08 Å². The Balaban J connectivity index is 1.24. The average molecular weight is 502 g/mol. The maximum absolute atomic E-state index is 13.5. The first-order valence-electron chi connectivity index (χ1n) is 14.0. The number of hydrogen-bond acceptors (Lipinski definition) is 5. The van der Waals surface area contributed by atoms with E-state index in [1.54, 1.807) is 12.4 Å². The largest absolute Gasteiger partial charge is 0.351 e. The van der Waals surface area contributed by atoms with Gasteiger partial charge >= 0.3 is 0 Å². The van der Waals surface area contributed by atoms with Crippen molar-refractivity contribution in [2.45, 2.75) is 64.3 Å². The highest BCUT2D eigenvalue weighted by Gasteiger charge is 2.30. The fourth-order valence-electron chi connectivity index (χ4n) is 5.87. The molecule has 196 valence electrons. The number of anilines is 2. The van der Waals surface area contributed by atoms with Gasteiger partial charge in [-0.05, 0) is 74.9 Å². The maximum atomic E-state index is 13.5. The van der Waals surface area contributed by atoms with Gasteiger partial charge in [0.15, 0.2) is 0 Å². The van der Waals surface area contributed by atoms with Crippen LogP contribution in [0.3, 0.4) is 0 Å². The third-order valence-electron chi connectivity index (χ3n) is 8.11. The van der Waals surface area contributed by atoms with E-state index in [4.69, 9.17) is 0 Å². The molecule has 1 saturated carbocycles. The van der Waals surface area contributed by atoms with Crippen LogP contribution in [0.4, 0.5) is 11.4 Å². The molecular weight excluding hydrogens is 462 g/mol. The summed E-state index contributed by atoms with van der Waals surface area (Å²) in [4.78, 5) is 34.8. The van der Waals surface area contributed by atoms with Crippen molar-refractivity contribution in [3.63, 3.8) is 0 Å². The van der Waals surface area contributed by atoms with Gasteiger partial charge in [-0.2, -0.15) is 0 Å². The number of carbonyl (C=O) groups excluding carboxylic acids is 2. The van der Waals surface area contributed by atoms with Gasteiger partial charge in [0.25, 0.3) is 11.8 Å². The number of rotatable bonds is 7. The lowest BCUT2D eigenvalue weighted by atomic mass is 9.88. The summed E-state index contributed by atoms with van der Waals surface area (Å²) in [6.07, 6.45) is 15.3. The van der Waals surface area contributed by atoms with Crippen LogP contribution in [-0.4, -0.2) is 53.9 Å². The molecule has 2 aromatic rings. The Morgan fingerprint density at radius 3 is 2.65 bits per heavy atom. The van der Waals surface area contributed by atoms with Gasteiger partial charge in [0, 0.05) is 37.4 Å². The van der Waals surface area contributed by atoms with E-state index < -0.39 is 0 Å². The minimum Gasteiger partial charge on any atom is -0.351 e. The van der Waals surface area contributed by atoms with Crippen LogP contribution in [0.2, 0.25) is 0 Å². The van der Waals surface area contributed by atoms with Gasteiger partial charge in [-0.15, -0.1) is 0 Å². The van der Waals surface area contributed by atoms with E-state index in [0.717, 1.165) is 36.6 Å². The highest BCUT2D eigenvalue weighted by molar-refractivity contribution is 6.15. The Kier molecular flexibility index (Phi) is 8.19. The van der Waals surface area contributed by atoms with Gasteiger partial charge in [0.05, 0.1) is 17.6 Å². The number of aromatic nitrogens is 1. The fraction of sp³-hybridized carbons (Fsp3) is 0.500. The van der Waals surface area contributed by atoms with Crippen LogP contribution in [0.15, 0.2) is 48.4 Å². The molecule has 1 saturated heterocycles. The second kappa shape index (κ2) is 11.9. The zero-order valence-corrected chi connectivity index (χ0v) is 21.9. The number of benzene rings is 1. The highest BCUT2D eigenvalue weighted by atomic mass is 16.2. The third-order valence-corrected chi connectivity index (χ3v) is 8.11. The van der Waals surface area contributed by atoms with Crippen molar-refractivity contribution in [1.29, 1.82) is 0 Å². The molecular formula is C30H39N5O2. The van der Waals surface area contributed by atoms with E-state index >= 15 is 0 Å². The van der Waals surface area contributed by atoms with E-state index in [2.05, 4.69) is 27.4 Å². The second-order valence-electron chi connectivity index (χ2n) is 10.8. The van der Waals surface area contributed by atoms with E-state index in [-0.39, 0.29) is 11.8 Å². The number of pyridine rings is 1. The molecule has 0 radical (unpaired) electrons. The summed E-state index contributed by atoms with van der Waals surface area (Å²) >= 11 is 0. The van der Waals surface area contributed by atoms with Crippen molar-refractivity contribution in [3.05, 3.63) is 59.5 Å². The van der Waals surface area contributed by atoms with Gasteiger partial charge in [0.1, 0.15) is 5.70 Å². The number of nitrogens with one attached hydrogen (secondary N) is 2. The Bertz CT molecular complexity index is 1120. The zero-order valence-electron chi connectivity index (χ0n) is 21.9. The predicted molar refractivity (Wildman–Crippen MR) is 148 cm³/mol.